The van der Waals surface area contributed by atoms with E-state index in [1.54, 1.807) is 11.8 Å². The second kappa shape index (κ2) is 8.78. The summed E-state index contributed by atoms with van der Waals surface area (Å²) < 4.78 is 13.4. The van der Waals surface area contributed by atoms with Crippen molar-refractivity contribution in [1.29, 1.82) is 0 Å². The molecule has 28 heavy (non-hydrogen) atoms. The number of fused-ring (bicyclic) bond motifs is 1. The smallest absolute Gasteiger partial charge is 0.0904 e. The van der Waals surface area contributed by atoms with Crippen molar-refractivity contribution in [2.45, 2.75) is 26.5 Å². The molecule has 0 aliphatic rings. The van der Waals surface area contributed by atoms with Gasteiger partial charge in [-0.15, -0.1) is 11.8 Å². The van der Waals surface area contributed by atoms with Gasteiger partial charge in [0, 0.05) is 27.6 Å². The zero-order valence-corrected chi connectivity index (χ0v) is 17.0. The molecule has 0 spiro atoms. The Bertz CT molecular complexity index is 1080. The fourth-order valence-corrected chi connectivity index (χ4v) is 5.94. The maximum Gasteiger partial charge on any atom is 0.0904 e. The van der Waals surface area contributed by atoms with Gasteiger partial charge in [-0.25, -0.2) is 4.21 Å². The highest BCUT2D eigenvalue weighted by atomic mass is 32.2. The minimum atomic E-state index is -1.26. The topological polar surface area (TPSA) is 58.9 Å². The number of benzene rings is 3. The van der Waals surface area contributed by atoms with E-state index in [1.807, 2.05) is 72.8 Å². The van der Waals surface area contributed by atoms with E-state index >= 15 is 0 Å². The molecule has 4 aromatic rings. The highest BCUT2D eigenvalue weighted by Gasteiger charge is 2.21. The molecule has 3 N–H and O–H groups in total. The van der Waals surface area contributed by atoms with Crippen LogP contribution in [0.4, 0.5) is 0 Å². The van der Waals surface area contributed by atoms with Gasteiger partial charge in [0.1, 0.15) is 0 Å². The van der Waals surface area contributed by atoms with Gasteiger partial charge in [0.25, 0.3) is 0 Å². The summed E-state index contributed by atoms with van der Waals surface area (Å²) in [6.45, 7) is 0.548. The third-order valence-electron chi connectivity index (χ3n) is 4.62. The lowest BCUT2D eigenvalue weighted by Gasteiger charge is -2.15. The van der Waals surface area contributed by atoms with Crippen molar-refractivity contribution in [3.8, 4) is 0 Å². The van der Waals surface area contributed by atoms with E-state index in [9.17, 15) is 4.21 Å². The Morgan fingerprint density at radius 3 is 2.25 bits per heavy atom. The van der Waals surface area contributed by atoms with E-state index in [1.165, 1.54) is 5.56 Å². The van der Waals surface area contributed by atoms with E-state index in [4.69, 9.17) is 5.73 Å². The number of para-hydroxylation sites is 1. The Labute approximate surface area is 171 Å². The first kappa shape index (κ1) is 19.0. The van der Waals surface area contributed by atoms with E-state index in [-0.39, 0.29) is 5.25 Å². The van der Waals surface area contributed by atoms with Gasteiger partial charge < -0.3 is 10.7 Å². The fourth-order valence-electron chi connectivity index (χ4n) is 3.24. The molecule has 0 saturated carbocycles. The molecule has 0 bridgehead atoms. The first-order chi connectivity index (χ1) is 13.8. The van der Waals surface area contributed by atoms with Crippen LogP contribution in [0.5, 0.6) is 0 Å². The standard InChI is InChI=1S/C23H22N2OS2/c24-16-18(15-17-9-3-1-4-10-17)27-23-22(20-13-7-8-14-21(20)25-23)28(26)19-11-5-2-6-12-19/h1-14,18,25H,15-16,24H2. The second-order valence-electron chi connectivity index (χ2n) is 6.58. The molecule has 5 heteroatoms. The average Bonchev–Trinajstić information content (AvgIpc) is 3.12. The van der Waals surface area contributed by atoms with E-state index in [0.29, 0.717) is 6.54 Å². The zero-order chi connectivity index (χ0) is 19.3. The Morgan fingerprint density at radius 2 is 1.54 bits per heavy atom. The van der Waals surface area contributed by atoms with Crippen molar-refractivity contribution >= 4 is 33.5 Å². The molecule has 0 amide bonds. The van der Waals surface area contributed by atoms with Gasteiger partial charge in [-0.2, -0.15) is 0 Å². The largest absolute Gasteiger partial charge is 0.349 e. The molecule has 1 heterocycles. The minimum absolute atomic E-state index is 0.196. The van der Waals surface area contributed by atoms with E-state index in [0.717, 1.165) is 32.1 Å². The second-order valence-corrected chi connectivity index (χ2v) is 9.30. The van der Waals surface area contributed by atoms with Crippen LogP contribution in [0.2, 0.25) is 0 Å². The molecule has 0 aliphatic carbocycles. The lowest BCUT2D eigenvalue weighted by atomic mass is 10.1. The number of H-pyrrole nitrogens is 1. The first-order valence-electron chi connectivity index (χ1n) is 9.24. The molecule has 2 atom stereocenters. The van der Waals surface area contributed by atoms with Crippen molar-refractivity contribution < 1.29 is 4.21 Å². The van der Waals surface area contributed by atoms with Crippen LogP contribution >= 0.6 is 11.8 Å². The quantitative estimate of drug-likeness (QED) is 0.425. The number of hydrogen-bond acceptors (Lipinski definition) is 3. The van der Waals surface area contributed by atoms with Crippen molar-refractivity contribution in [2.75, 3.05) is 6.54 Å². The summed E-state index contributed by atoms with van der Waals surface area (Å²) >= 11 is 1.69. The van der Waals surface area contributed by atoms with Gasteiger partial charge in [-0.05, 0) is 30.2 Å². The van der Waals surface area contributed by atoms with Crippen LogP contribution in [0.1, 0.15) is 5.56 Å². The van der Waals surface area contributed by atoms with Crippen LogP contribution in [-0.2, 0) is 17.2 Å². The van der Waals surface area contributed by atoms with Crippen LogP contribution in [0.25, 0.3) is 10.9 Å². The highest BCUT2D eigenvalue weighted by Crippen LogP contribution is 2.37. The van der Waals surface area contributed by atoms with Crippen LogP contribution < -0.4 is 5.73 Å². The van der Waals surface area contributed by atoms with Crippen molar-refractivity contribution in [1.82, 2.24) is 4.98 Å². The number of aromatic amines is 1. The summed E-state index contributed by atoms with van der Waals surface area (Å²) in [4.78, 5) is 5.13. The number of nitrogens with one attached hydrogen (secondary N) is 1. The zero-order valence-electron chi connectivity index (χ0n) is 15.4. The number of thioether (sulfide) groups is 1. The van der Waals surface area contributed by atoms with Crippen LogP contribution in [0.3, 0.4) is 0 Å². The third kappa shape index (κ3) is 4.07. The number of hydrogen-bond donors (Lipinski definition) is 2. The molecule has 3 aromatic carbocycles. The highest BCUT2D eigenvalue weighted by molar-refractivity contribution is 8.00. The molecular formula is C23H22N2OS2. The maximum absolute atomic E-state index is 13.4. The SMILES string of the molecule is NCC(Cc1ccccc1)Sc1[nH]c2ccccc2c1S(=O)c1ccccc1. The van der Waals surface area contributed by atoms with Crippen LogP contribution in [-0.4, -0.2) is 21.0 Å². The molecule has 4 rings (SSSR count). The maximum atomic E-state index is 13.4. The molecule has 0 aliphatic heterocycles. The summed E-state index contributed by atoms with van der Waals surface area (Å²) in [6, 6.07) is 28.0. The van der Waals surface area contributed by atoms with Crippen LogP contribution in [0, 0.1) is 0 Å². The van der Waals surface area contributed by atoms with E-state index < -0.39 is 10.8 Å². The number of nitrogens with two attached hydrogens (primary N) is 1. The molecule has 0 fully saturated rings. The first-order valence-corrected chi connectivity index (χ1v) is 11.3. The molecule has 0 radical (unpaired) electrons. The minimum Gasteiger partial charge on any atom is -0.349 e. The predicted octanol–water partition coefficient (Wildman–Crippen LogP) is 5.00. The fraction of sp³-hybridized carbons (Fsp3) is 0.130. The Morgan fingerprint density at radius 1 is 0.893 bits per heavy atom. The molecule has 1 aromatic heterocycles. The van der Waals surface area contributed by atoms with Crippen molar-refractivity contribution in [3.05, 3.63) is 90.5 Å². The van der Waals surface area contributed by atoms with Gasteiger partial charge in [0.15, 0.2) is 0 Å². The van der Waals surface area contributed by atoms with Crippen LogP contribution in [0.15, 0.2) is 99.7 Å². The summed E-state index contributed by atoms with van der Waals surface area (Å²) in [5, 5.41) is 2.14. The third-order valence-corrected chi connectivity index (χ3v) is 7.48. The summed E-state index contributed by atoms with van der Waals surface area (Å²) in [7, 11) is -1.26. The van der Waals surface area contributed by atoms with Gasteiger partial charge >= 0.3 is 0 Å². The average molecular weight is 407 g/mol. The monoisotopic (exact) mass is 406 g/mol. The summed E-state index contributed by atoms with van der Waals surface area (Å²) in [6.07, 6.45) is 0.870. The molecule has 2 unspecified atom stereocenters. The van der Waals surface area contributed by atoms with Gasteiger partial charge in [0.2, 0.25) is 0 Å². The summed E-state index contributed by atoms with van der Waals surface area (Å²) in [5.41, 5.74) is 8.35. The summed E-state index contributed by atoms with van der Waals surface area (Å²) in [5.74, 6) is 0. The normalized spacial score (nSPS) is 13.5. The Balaban J connectivity index is 1.71. The van der Waals surface area contributed by atoms with Gasteiger partial charge in [0.05, 0.1) is 20.7 Å². The number of rotatable bonds is 7. The Hall–Kier alpha value is -2.34. The van der Waals surface area contributed by atoms with Crippen molar-refractivity contribution in [3.63, 3.8) is 0 Å². The predicted molar refractivity (Wildman–Crippen MR) is 118 cm³/mol. The lowest BCUT2D eigenvalue weighted by Crippen LogP contribution is -2.19. The van der Waals surface area contributed by atoms with Crippen molar-refractivity contribution in [2.24, 2.45) is 5.73 Å². The molecule has 0 saturated heterocycles. The van der Waals surface area contributed by atoms with E-state index in [2.05, 4.69) is 17.1 Å². The van der Waals surface area contributed by atoms with Gasteiger partial charge in [-0.3, -0.25) is 0 Å². The molecule has 3 nitrogen and oxygen atoms in total. The molecular weight excluding hydrogens is 384 g/mol. The Kier molecular flexibility index (Phi) is 5.95. The lowest BCUT2D eigenvalue weighted by molar-refractivity contribution is 0.682. The van der Waals surface area contributed by atoms with Gasteiger partial charge in [-0.1, -0.05) is 66.7 Å². The molecule has 142 valence electrons. The number of aromatic nitrogens is 1.